The number of nitrogens with one attached hydrogen (secondary N) is 1. The van der Waals surface area contributed by atoms with Gasteiger partial charge in [0.25, 0.3) is 0 Å². The van der Waals surface area contributed by atoms with Crippen LogP contribution >= 0.6 is 0 Å². The van der Waals surface area contributed by atoms with Gasteiger partial charge in [-0.25, -0.2) is 4.79 Å². The van der Waals surface area contributed by atoms with E-state index in [0.29, 0.717) is 18.7 Å². The number of ether oxygens (including phenoxy) is 1. The molecule has 0 aliphatic carbocycles. The normalized spacial score (nSPS) is 22.7. The van der Waals surface area contributed by atoms with Crippen molar-refractivity contribution in [2.45, 2.75) is 31.2 Å². The van der Waals surface area contributed by atoms with Gasteiger partial charge in [-0.15, -0.1) is 0 Å². The Bertz CT molecular complexity index is 521. The molecule has 1 aromatic carbocycles. The number of carbonyl (C=O) groups excluding carboxylic acids is 1. The minimum Gasteiger partial charge on any atom is -0.479 e. The Hall–Kier alpha value is -2.08. The van der Waals surface area contributed by atoms with Crippen LogP contribution in [0.3, 0.4) is 0 Å². The number of amides is 1. The van der Waals surface area contributed by atoms with Crippen LogP contribution < -0.4 is 11.1 Å². The molecule has 2 unspecified atom stereocenters. The van der Waals surface area contributed by atoms with E-state index >= 15 is 0 Å². The van der Waals surface area contributed by atoms with Crippen molar-refractivity contribution in [2.75, 3.05) is 18.9 Å². The first-order chi connectivity index (χ1) is 9.93. The van der Waals surface area contributed by atoms with E-state index in [1.54, 1.807) is 12.1 Å². The molecule has 0 aromatic heterocycles. The van der Waals surface area contributed by atoms with Crippen LogP contribution in [0.15, 0.2) is 24.3 Å². The molecule has 1 aromatic rings. The molecule has 1 saturated heterocycles. The summed E-state index contributed by atoms with van der Waals surface area (Å²) < 4.78 is 5.12. The fraction of sp³-hybridized carbons (Fsp3) is 0.467. The molecule has 1 aliphatic rings. The van der Waals surface area contributed by atoms with Gasteiger partial charge in [0, 0.05) is 25.1 Å². The fourth-order valence-corrected chi connectivity index (χ4v) is 2.42. The monoisotopic (exact) mass is 292 g/mol. The first-order valence-corrected chi connectivity index (χ1v) is 6.90. The lowest BCUT2D eigenvalue weighted by Crippen LogP contribution is -2.55. The minimum absolute atomic E-state index is 0.0150. The van der Waals surface area contributed by atoms with Gasteiger partial charge >= 0.3 is 5.97 Å². The number of aliphatic carboxylic acids is 1. The van der Waals surface area contributed by atoms with Crippen LogP contribution in [0.1, 0.15) is 31.2 Å². The highest BCUT2D eigenvalue weighted by molar-refractivity contribution is 5.87. The maximum absolute atomic E-state index is 12.1. The van der Waals surface area contributed by atoms with Gasteiger partial charge in [-0.1, -0.05) is 19.1 Å². The van der Waals surface area contributed by atoms with Gasteiger partial charge in [0.05, 0.1) is 6.61 Å². The molecule has 0 bridgehead atoms. The molecule has 0 saturated carbocycles. The van der Waals surface area contributed by atoms with Gasteiger partial charge in [0.1, 0.15) is 0 Å². The van der Waals surface area contributed by atoms with Crippen LogP contribution in [0.4, 0.5) is 5.69 Å². The quantitative estimate of drug-likeness (QED) is 0.706. The zero-order valence-electron chi connectivity index (χ0n) is 12.0. The van der Waals surface area contributed by atoms with Crippen LogP contribution in [0.25, 0.3) is 0 Å². The molecule has 0 spiro atoms. The Kier molecular flexibility index (Phi) is 4.47. The summed E-state index contributed by atoms with van der Waals surface area (Å²) in [5, 5.41) is 11.9. The Labute approximate surface area is 123 Å². The van der Waals surface area contributed by atoms with Crippen LogP contribution in [0.2, 0.25) is 0 Å². The van der Waals surface area contributed by atoms with Gasteiger partial charge < -0.3 is 20.9 Å². The van der Waals surface area contributed by atoms with E-state index in [1.165, 1.54) is 0 Å². The summed E-state index contributed by atoms with van der Waals surface area (Å²) in [5.74, 6) is -1.35. The highest BCUT2D eigenvalue weighted by Crippen LogP contribution is 2.23. The summed E-state index contributed by atoms with van der Waals surface area (Å²) in [7, 11) is 0. The Balaban J connectivity index is 1.97. The van der Waals surface area contributed by atoms with E-state index in [9.17, 15) is 14.7 Å². The van der Waals surface area contributed by atoms with E-state index in [1.807, 2.05) is 19.1 Å². The largest absolute Gasteiger partial charge is 0.479 e. The van der Waals surface area contributed by atoms with Gasteiger partial charge in [0.2, 0.25) is 5.91 Å². The minimum atomic E-state index is -1.28. The summed E-state index contributed by atoms with van der Waals surface area (Å²) in [5.41, 5.74) is 6.01. The third-order valence-electron chi connectivity index (χ3n) is 3.81. The predicted molar refractivity (Wildman–Crippen MR) is 77.8 cm³/mol. The number of benzene rings is 1. The Morgan fingerprint density at radius 2 is 2.10 bits per heavy atom. The lowest BCUT2D eigenvalue weighted by atomic mass is 9.95. The maximum atomic E-state index is 12.1. The predicted octanol–water partition coefficient (Wildman–Crippen LogP) is 1.12. The number of nitrogen functional groups attached to an aromatic ring is 1. The van der Waals surface area contributed by atoms with Gasteiger partial charge in [-0.2, -0.15) is 0 Å². The molecule has 4 N–H and O–H groups in total. The molecule has 0 radical (unpaired) electrons. The second-order valence-corrected chi connectivity index (χ2v) is 5.51. The molecule has 1 aliphatic heterocycles. The first kappa shape index (κ1) is 15.3. The average Bonchev–Trinajstić information content (AvgIpc) is 2.89. The number of carboxylic acids is 1. The Morgan fingerprint density at radius 3 is 2.62 bits per heavy atom. The average molecular weight is 292 g/mol. The lowest BCUT2D eigenvalue weighted by Gasteiger charge is -2.24. The molecule has 2 atom stereocenters. The number of anilines is 1. The van der Waals surface area contributed by atoms with Crippen molar-refractivity contribution in [3.8, 4) is 0 Å². The second kappa shape index (κ2) is 6.13. The number of rotatable bonds is 5. The Morgan fingerprint density at radius 1 is 1.43 bits per heavy atom. The molecule has 2 rings (SSSR count). The number of hydrogen-bond acceptors (Lipinski definition) is 4. The highest BCUT2D eigenvalue weighted by Gasteiger charge is 2.43. The smallest absolute Gasteiger partial charge is 0.331 e. The zero-order valence-corrected chi connectivity index (χ0v) is 12.0. The van der Waals surface area contributed by atoms with Crippen LogP contribution in [0.5, 0.6) is 0 Å². The first-order valence-electron chi connectivity index (χ1n) is 6.90. The zero-order chi connectivity index (χ0) is 15.5. The van der Waals surface area contributed by atoms with Crippen molar-refractivity contribution in [2.24, 2.45) is 0 Å². The fourth-order valence-electron chi connectivity index (χ4n) is 2.42. The molecule has 6 nitrogen and oxygen atoms in total. The van der Waals surface area contributed by atoms with Crippen molar-refractivity contribution >= 4 is 17.6 Å². The molecule has 1 amide bonds. The molecule has 1 heterocycles. The van der Waals surface area contributed by atoms with E-state index in [0.717, 1.165) is 5.56 Å². The molecule has 6 heteroatoms. The number of carboxylic acid groups (broad SMARTS) is 1. The van der Waals surface area contributed by atoms with E-state index in [-0.39, 0.29) is 24.9 Å². The third kappa shape index (κ3) is 3.52. The number of hydrogen-bond donors (Lipinski definition) is 3. The van der Waals surface area contributed by atoms with Crippen molar-refractivity contribution in [1.82, 2.24) is 5.32 Å². The topological polar surface area (TPSA) is 102 Å². The SMILES string of the molecule is CC(CC(=O)NC1(C(=O)O)CCOC1)c1ccc(N)cc1. The van der Waals surface area contributed by atoms with Crippen molar-refractivity contribution in [3.63, 3.8) is 0 Å². The molecule has 21 heavy (non-hydrogen) atoms. The molecule has 1 fully saturated rings. The van der Waals surface area contributed by atoms with Crippen LogP contribution in [-0.4, -0.2) is 35.7 Å². The number of carbonyl (C=O) groups is 2. The van der Waals surface area contributed by atoms with Crippen LogP contribution in [0, 0.1) is 0 Å². The third-order valence-corrected chi connectivity index (χ3v) is 3.81. The summed E-state index contributed by atoms with van der Waals surface area (Å²) >= 11 is 0. The summed E-state index contributed by atoms with van der Waals surface area (Å²) in [4.78, 5) is 23.4. The van der Waals surface area contributed by atoms with Gasteiger partial charge in [-0.05, 0) is 23.6 Å². The van der Waals surface area contributed by atoms with Gasteiger partial charge in [-0.3, -0.25) is 4.79 Å². The van der Waals surface area contributed by atoms with Crippen molar-refractivity contribution in [3.05, 3.63) is 29.8 Å². The van der Waals surface area contributed by atoms with E-state index in [4.69, 9.17) is 10.5 Å². The van der Waals surface area contributed by atoms with Crippen molar-refractivity contribution in [1.29, 1.82) is 0 Å². The lowest BCUT2D eigenvalue weighted by molar-refractivity contribution is -0.147. The van der Waals surface area contributed by atoms with Crippen molar-refractivity contribution < 1.29 is 19.4 Å². The standard InChI is InChI=1S/C15H20N2O4/c1-10(11-2-4-12(16)5-3-11)8-13(18)17-15(14(19)20)6-7-21-9-15/h2-5,10H,6-9,16H2,1H3,(H,17,18)(H,19,20). The maximum Gasteiger partial charge on any atom is 0.331 e. The second-order valence-electron chi connectivity index (χ2n) is 5.51. The summed E-state index contributed by atoms with van der Waals surface area (Å²) in [6.07, 6.45) is 0.517. The number of nitrogens with two attached hydrogens (primary N) is 1. The van der Waals surface area contributed by atoms with Crippen LogP contribution in [-0.2, 0) is 14.3 Å². The highest BCUT2D eigenvalue weighted by atomic mass is 16.5. The van der Waals surface area contributed by atoms with E-state index in [2.05, 4.69) is 5.32 Å². The molecule has 114 valence electrons. The summed E-state index contributed by atoms with van der Waals surface area (Å²) in [6, 6.07) is 7.32. The van der Waals surface area contributed by atoms with E-state index < -0.39 is 11.5 Å². The molecular weight excluding hydrogens is 272 g/mol. The molecular formula is C15H20N2O4. The summed E-state index contributed by atoms with van der Waals surface area (Å²) in [6.45, 7) is 2.29. The van der Waals surface area contributed by atoms with Gasteiger partial charge in [0.15, 0.2) is 5.54 Å².